The van der Waals surface area contributed by atoms with Gasteiger partial charge in [0.25, 0.3) is 0 Å². The molecule has 0 unspecified atom stereocenters. The molecule has 3 nitrogen and oxygen atoms in total. The molecule has 0 saturated carbocycles. The van der Waals surface area contributed by atoms with Crippen molar-refractivity contribution in [2.24, 2.45) is 0 Å². The van der Waals surface area contributed by atoms with Gasteiger partial charge < -0.3 is 10.6 Å². The van der Waals surface area contributed by atoms with E-state index in [1.54, 1.807) is 0 Å². The third kappa shape index (κ3) is 4.62. The number of amides is 2. The van der Waals surface area contributed by atoms with Gasteiger partial charge in [-0.25, -0.2) is 4.79 Å². The van der Waals surface area contributed by atoms with Crippen molar-refractivity contribution in [1.82, 2.24) is 10.6 Å². The second-order valence-electron chi connectivity index (χ2n) is 5.72. The van der Waals surface area contributed by atoms with Crippen LogP contribution in [-0.2, 0) is 13.0 Å². The number of hydrogen-bond acceptors (Lipinski definition) is 1. The van der Waals surface area contributed by atoms with Crippen LogP contribution >= 0.6 is 0 Å². The molecule has 0 fully saturated rings. The highest BCUT2D eigenvalue weighted by atomic mass is 16.2. The summed E-state index contributed by atoms with van der Waals surface area (Å²) in [5, 5.41) is 5.81. The summed E-state index contributed by atoms with van der Waals surface area (Å²) in [5.74, 6) is 0. The number of benzene rings is 2. The first kappa shape index (κ1) is 16.1. The zero-order valence-electron chi connectivity index (χ0n) is 13.6. The van der Waals surface area contributed by atoms with Crippen molar-refractivity contribution in [3.63, 3.8) is 0 Å². The summed E-state index contributed by atoms with van der Waals surface area (Å²) < 4.78 is 0. The van der Waals surface area contributed by atoms with E-state index in [9.17, 15) is 4.79 Å². The Kier molecular flexibility index (Phi) is 5.59. The molecule has 0 spiro atoms. The molecule has 2 amide bonds. The van der Waals surface area contributed by atoms with Gasteiger partial charge in [0.2, 0.25) is 0 Å². The maximum absolute atomic E-state index is 11.8. The third-order valence-corrected chi connectivity index (χ3v) is 3.88. The molecule has 116 valence electrons. The van der Waals surface area contributed by atoms with Crippen molar-refractivity contribution in [2.75, 3.05) is 6.54 Å². The van der Waals surface area contributed by atoms with Crippen molar-refractivity contribution in [3.05, 3.63) is 70.3 Å². The quantitative estimate of drug-likeness (QED) is 0.868. The second kappa shape index (κ2) is 7.64. The third-order valence-electron chi connectivity index (χ3n) is 3.88. The summed E-state index contributed by atoms with van der Waals surface area (Å²) in [4.78, 5) is 11.8. The first-order valence-electron chi connectivity index (χ1n) is 7.68. The predicted octanol–water partition coefficient (Wildman–Crippen LogP) is 3.65. The van der Waals surface area contributed by atoms with Crippen molar-refractivity contribution in [3.8, 4) is 0 Å². The molecular weight excluding hydrogens is 272 g/mol. The van der Waals surface area contributed by atoms with Crippen LogP contribution in [0.4, 0.5) is 4.79 Å². The number of nitrogens with one attached hydrogen (secondary N) is 2. The van der Waals surface area contributed by atoms with Gasteiger partial charge in [0.1, 0.15) is 0 Å². The molecule has 2 aromatic carbocycles. The largest absolute Gasteiger partial charge is 0.338 e. The molecule has 0 aromatic heterocycles. The summed E-state index contributed by atoms with van der Waals surface area (Å²) in [6.07, 6.45) is 0.851. The monoisotopic (exact) mass is 296 g/mol. The molecule has 22 heavy (non-hydrogen) atoms. The predicted molar refractivity (Wildman–Crippen MR) is 91.0 cm³/mol. The minimum atomic E-state index is -0.118. The molecule has 0 heterocycles. The minimum Gasteiger partial charge on any atom is -0.338 e. The summed E-state index contributed by atoms with van der Waals surface area (Å²) in [6, 6.07) is 14.4. The normalized spacial score (nSPS) is 10.3. The van der Waals surface area contributed by atoms with Gasteiger partial charge in [-0.1, -0.05) is 48.0 Å². The Morgan fingerprint density at radius 3 is 2.41 bits per heavy atom. The fourth-order valence-corrected chi connectivity index (χ4v) is 2.48. The lowest BCUT2D eigenvalue weighted by Crippen LogP contribution is -2.36. The maximum Gasteiger partial charge on any atom is 0.315 e. The smallest absolute Gasteiger partial charge is 0.315 e. The number of urea groups is 1. The van der Waals surface area contributed by atoms with Gasteiger partial charge in [-0.05, 0) is 49.4 Å². The summed E-state index contributed by atoms with van der Waals surface area (Å²) in [6.45, 7) is 7.45. The van der Waals surface area contributed by atoms with Crippen LogP contribution in [0, 0.1) is 20.8 Å². The van der Waals surface area contributed by atoms with Crippen LogP contribution in [-0.4, -0.2) is 12.6 Å². The van der Waals surface area contributed by atoms with E-state index in [0.29, 0.717) is 13.1 Å². The van der Waals surface area contributed by atoms with Crippen molar-refractivity contribution in [1.29, 1.82) is 0 Å². The van der Waals surface area contributed by atoms with E-state index in [4.69, 9.17) is 0 Å². The Labute approximate surface area is 132 Å². The van der Waals surface area contributed by atoms with E-state index in [2.05, 4.69) is 55.7 Å². The number of carbonyl (C=O) groups excluding carboxylic acids is 1. The SMILES string of the molecule is Cc1ccc(CCNC(=O)NCc2ccccc2C)c(C)c1. The van der Waals surface area contributed by atoms with E-state index < -0.39 is 0 Å². The molecule has 0 aliphatic heterocycles. The molecule has 2 aromatic rings. The number of rotatable bonds is 5. The summed E-state index contributed by atoms with van der Waals surface area (Å²) in [5.41, 5.74) is 6.17. The summed E-state index contributed by atoms with van der Waals surface area (Å²) >= 11 is 0. The Balaban J connectivity index is 1.75. The molecule has 0 radical (unpaired) electrons. The van der Waals surface area contributed by atoms with E-state index in [0.717, 1.165) is 12.0 Å². The average Bonchev–Trinajstić information content (AvgIpc) is 2.49. The van der Waals surface area contributed by atoms with Gasteiger partial charge in [0, 0.05) is 13.1 Å². The molecule has 0 atom stereocenters. The van der Waals surface area contributed by atoms with Crippen LogP contribution in [0.3, 0.4) is 0 Å². The lowest BCUT2D eigenvalue weighted by atomic mass is 10.0. The molecule has 0 aliphatic carbocycles. The molecule has 0 aliphatic rings. The topological polar surface area (TPSA) is 41.1 Å². The van der Waals surface area contributed by atoms with Gasteiger partial charge in [0.05, 0.1) is 0 Å². The minimum absolute atomic E-state index is 0.118. The zero-order chi connectivity index (χ0) is 15.9. The first-order valence-corrected chi connectivity index (χ1v) is 7.68. The van der Waals surface area contributed by atoms with E-state index >= 15 is 0 Å². The number of carbonyl (C=O) groups is 1. The lowest BCUT2D eigenvalue weighted by Gasteiger charge is -2.10. The highest BCUT2D eigenvalue weighted by molar-refractivity contribution is 5.73. The second-order valence-corrected chi connectivity index (χ2v) is 5.72. The van der Waals surface area contributed by atoms with Crippen molar-refractivity contribution >= 4 is 6.03 Å². The number of hydrogen-bond donors (Lipinski definition) is 2. The van der Waals surface area contributed by atoms with Crippen LogP contribution in [0.5, 0.6) is 0 Å². The average molecular weight is 296 g/mol. The molecule has 3 heteroatoms. The maximum atomic E-state index is 11.8. The van der Waals surface area contributed by atoms with Crippen LogP contribution in [0.15, 0.2) is 42.5 Å². The Hall–Kier alpha value is -2.29. The van der Waals surface area contributed by atoms with Gasteiger partial charge in [-0.15, -0.1) is 0 Å². The van der Waals surface area contributed by atoms with Gasteiger partial charge in [-0.2, -0.15) is 0 Å². The standard InChI is InChI=1S/C19H24N2O/c1-14-8-9-17(16(3)12-14)10-11-20-19(22)21-13-18-7-5-4-6-15(18)2/h4-9,12H,10-11,13H2,1-3H3,(H2,20,21,22). The zero-order valence-corrected chi connectivity index (χ0v) is 13.6. The Morgan fingerprint density at radius 1 is 0.909 bits per heavy atom. The Morgan fingerprint density at radius 2 is 1.68 bits per heavy atom. The molecule has 0 saturated heterocycles. The highest BCUT2D eigenvalue weighted by Gasteiger charge is 2.03. The fourth-order valence-electron chi connectivity index (χ4n) is 2.48. The van der Waals surface area contributed by atoms with Gasteiger partial charge in [0.15, 0.2) is 0 Å². The van der Waals surface area contributed by atoms with Crippen molar-refractivity contribution < 1.29 is 4.79 Å². The summed E-state index contributed by atoms with van der Waals surface area (Å²) in [7, 11) is 0. The fraction of sp³-hybridized carbons (Fsp3) is 0.316. The molecule has 0 bridgehead atoms. The molecule has 2 rings (SSSR count). The van der Waals surface area contributed by atoms with Crippen LogP contribution < -0.4 is 10.6 Å². The van der Waals surface area contributed by atoms with E-state index in [1.165, 1.54) is 22.3 Å². The van der Waals surface area contributed by atoms with Crippen LogP contribution in [0.2, 0.25) is 0 Å². The highest BCUT2D eigenvalue weighted by Crippen LogP contribution is 2.10. The lowest BCUT2D eigenvalue weighted by molar-refractivity contribution is 0.240. The van der Waals surface area contributed by atoms with Crippen LogP contribution in [0.25, 0.3) is 0 Å². The van der Waals surface area contributed by atoms with Crippen molar-refractivity contribution in [2.45, 2.75) is 33.7 Å². The first-order chi connectivity index (χ1) is 10.6. The van der Waals surface area contributed by atoms with E-state index in [-0.39, 0.29) is 6.03 Å². The van der Waals surface area contributed by atoms with E-state index in [1.807, 2.05) is 18.2 Å². The van der Waals surface area contributed by atoms with Crippen LogP contribution in [0.1, 0.15) is 27.8 Å². The Bertz CT molecular complexity index is 650. The number of aryl methyl sites for hydroxylation is 3. The van der Waals surface area contributed by atoms with Gasteiger partial charge in [-0.3, -0.25) is 0 Å². The van der Waals surface area contributed by atoms with Gasteiger partial charge >= 0.3 is 6.03 Å². The molecule has 2 N–H and O–H groups in total. The molecular formula is C19H24N2O.